The molecule has 3 N–H and O–H groups in total. The monoisotopic (exact) mass is 512 g/mol. The fraction of sp³-hybridized carbons (Fsp3) is 0.227. The van der Waals surface area contributed by atoms with E-state index in [1.807, 2.05) is 44.2 Å². The van der Waals surface area contributed by atoms with Crippen molar-refractivity contribution in [2.24, 2.45) is 5.92 Å². The van der Waals surface area contributed by atoms with E-state index < -0.39 is 12.1 Å². The van der Waals surface area contributed by atoms with Crippen molar-refractivity contribution in [3.8, 4) is 16.6 Å². The number of nitriles is 1. The third-order valence-electron chi connectivity index (χ3n) is 4.78. The lowest BCUT2D eigenvalue weighted by atomic mass is 9.98. The summed E-state index contributed by atoms with van der Waals surface area (Å²) in [6.07, 6.45) is 0.683. The van der Waals surface area contributed by atoms with Crippen LogP contribution >= 0.6 is 27.3 Å². The maximum absolute atomic E-state index is 12.9. The molecule has 3 aromatic rings. The van der Waals surface area contributed by atoms with Gasteiger partial charge < -0.3 is 10.6 Å². The van der Waals surface area contributed by atoms with E-state index in [1.165, 1.54) is 11.3 Å². The Balaban J connectivity index is 1.67. The summed E-state index contributed by atoms with van der Waals surface area (Å²) in [6.45, 7) is 3.83. The van der Waals surface area contributed by atoms with Crippen LogP contribution in [0.2, 0.25) is 0 Å². The molecule has 0 spiro atoms. The van der Waals surface area contributed by atoms with Crippen LogP contribution in [0.25, 0.3) is 10.6 Å². The number of urea groups is 1. The van der Waals surface area contributed by atoms with E-state index >= 15 is 0 Å². The zero-order valence-corrected chi connectivity index (χ0v) is 19.8. The number of rotatable bonds is 7. The molecule has 0 unspecified atom stereocenters. The van der Waals surface area contributed by atoms with Gasteiger partial charge in [-0.25, -0.2) is 4.79 Å². The number of halogens is 1. The third-order valence-corrected chi connectivity index (χ3v) is 6.19. The van der Waals surface area contributed by atoms with Crippen LogP contribution in [0.1, 0.15) is 25.8 Å². The summed E-state index contributed by atoms with van der Waals surface area (Å²) < 4.78 is 0.958. The summed E-state index contributed by atoms with van der Waals surface area (Å²) in [5.41, 5.74) is 1.78. The highest BCUT2D eigenvalue weighted by molar-refractivity contribution is 9.10. The Morgan fingerprint density at radius 2 is 1.91 bits per heavy atom. The molecule has 10 heteroatoms. The van der Waals surface area contributed by atoms with Crippen LogP contribution in [0.4, 0.5) is 15.6 Å². The van der Waals surface area contributed by atoms with Crippen molar-refractivity contribution in [2.45, 2.75) is 26.3 Å². The fourth-order valence-corrected chi connectivity index (χ4v) is 3.86. The van der Waals surface area contributed by atoms with Gasteiger partial charge in [0.25, 0.3) is 0 Å². The van der Waals surface area contributed by atoms with Crippen molar-refractivity contribution in [1.82, 2.24) is 15.5 Å². The van der Waals surface area contributed by atoms with Gasteiger partial charge in [-0.15, -0.1) is 10.2 Å². The van der Waals surface area contributed by atoms with Gasteiger partial charge in [0.2, 0.25) is 11.0 Å². The third kappa shape index (κ3) is 6.12. The van der Waals surface area contributed by atoms with Gasteiger partial charge in [-0.05, 0) is 36.2 Å². The molecular formula is C22H21BrN6O2S. The van der Waals surface area contributed by atoms with E-state index in [-0.39, 0.29) is 11.8 Å². The van der Waals surface area contributed by atoms with Crippen molar-refractivity contribution in [3.63, 3.8) is 0 Å². The first-order chi connectivity index (χ1) is 15.4. The van der Waals surface area contributed by atoms with Crippen LogP contribution < -0.4 is 16.0 Å². The molecule has 1 aromatic heterocycles. The SMILES string of the molecule is CC[C@H](C)[C@@H](NC(=O)Nc1cccc(C#N)c1)C(=O)Nc1nnc(-c2ccc(Br)cc2)s1. The normalized spacial score (nSPS) is 12.3. The second-order valence-electron chi connectivity index (χ2n) is 7.06. The quantitative estimate of drug-likeness (QED) is 0.410. The van der Waals surface area contributed by atoms with E-state index in [4.69, 9.17) is 5.26 Å². The standard InChI is InChI=1S/C22H21BrN6O2S/c1-3-13(2)18(26-21(31)25-17-6-4-5-14(11-17)12-24)19(30)27-22-29-28-20(32-22)15-7-9-16(23)10-8-15/h4-11,13,18H,3H2,1-2H3,(H2,25,26,31)(H,27,29,30)/t13-,18+/m0/s1. The second kappa shape index (κ2) is 10.8. The smallest absolute Gasteiger partial charge is 0.319 e. The largest absolute Gasteiger partial charge is 0.326 e. The van der Waals surface area contributed by atoms with Crippen molar-refractivity contribution >= 4 is 50.0 Å². The number of carbonyl (C=O) groups excluding carboxylic acids is 2. The van der Waals surface area contributed by atoms with Crippen molar-refractivity contribution in [1.29, 1.82) is 5.26 Å². The Morgan fingerprint density at radius 1 is 1.16 bits per heavy atom. The molecule has 1 heterocycles. The molecule has 164 valence electrons. The van der Waals surface area contributed by atoms with Gasteiger partial charge in [-0.1, -0.05) is 65.7 Å². The van der Waals surface area contributed by atoms with Gasteiger partial charge in [0.15, 0.2) is 0 Å². The summed E-state index contributed by atoms with van der Waals surface area (Å²) in [6, 6.07) is 14.9. The number of hydrogen-bond donors (Lipinski definition) is 3. The van der Waals surface area contributed by atoms with Gasteiger partial charge in [0, 0.05) is 15.7 Å². The van der Waals surface area contributed by atoms with Gasteiger partial charge in [-0.3, -0.25) is 10.1 Å². The highest BCUT2D eigenvalue weighted by Crippen LogP contribution is 2.27. The molecule has 32 heavy (non-hydrogen) atoms. The first-order valence-electron chi connectivity index (χ1n) is 9.87. The van der Waals surface area contributed by atoms with Gasteiger partial charge >= 0.3 is 6.03 Å². The zero-order valence-electron chi connectivity index (χ0n) is 17.4. The maximum atomic E-state index is 12.9. The minimum Gasteiger partial charge on any atom is -0.326 e. The Kier molecular flexibility index (Phi) is 7.92. The Hall–Kier alpha value is -3.29. The Labute approximate surface area is 198 Å². The number of hydrogen-bond acceptors (Lipinski definition) is 6. The number of carbonyl (C=O) groups is 2. The highest BCUT2D eigenvalue weighted by atomic mass is 79.9. The van der Waals surface area contributed by atoms with E-state index in [1.54, 1.807) is 24.3 Å². The van der Waals surface area contributed by atoms with Crippen LogP contribution in [-0.4, -0.2) is 28.2 Å². The summed E-state index contributed by atoms with van der Waals surface area (Å²) in [7, 11) is 0. The van der Waals surface area contributed by atoms with Crippen LogP contribution in [0, 0.1) is 17.2 Å². The van der Waals surface area contributed by atoms with Crippen LogP contribution in [-0.2, 0) is 4.79 Å². The number of nitrogens with zero attached hydrogens (tertiary/aromatic N) is 3. The molecule has 0 saturated carbocycles. The molecular weight excluding hydrogens is 492 g/mol. The molecule has 8 nitrogen and oxygen atoms in total. The molecule has 2 aromatic carbocycles. The molecule has 0 bridgehead atoms. The van der Waals surface area contributed by atoms with Crippen LogP contribution in [0.5, 0.6) is 0 Å². The predicted octanol–water partition coefficient (Wildman–Crippen LogP) is 5.01. The number of nitrogens with one attached hydrogen (secondary N) is 3. The van der Waals surface area contributed by atoms with Crippen LogP contribution in [0.15, 0.2) is 53.0 Å². The molecule has 0 aliphatic carbocycles. The predicted molar refractivity (Wildman–Crippen MR) is 128 cm³/mol. The summed E-state index contributed by atoms with van der Waals surface area (Å²) in [5, 5.41) is 26.4. The maximum Gasteiger partial charge on any atom is 0.319 e. The van der Waals surface area contributed by atoms with E-state index in [2.05, 4.69) is 42.1 Å². The molecule has 3 rings (SSSR count). The Morgan fingerprint density at radius 3 is 2.59 bits per heavy atom. The molecule has 2 atom stereocenters. The molecule has 0 radical (unpaired) electrons. The second-order valence-corrected chi connectivity index (χ2v) is 8.96. The van der Waals surface area contributed by atoms with Gasteiger partial charge in [0.1, 0.15) is 11.0 Å². The lowest BCUT2D eigenvalue weighted by molar-refractivity contribution is -0.119. The molecule has 0 saturated heterocycles. The van der Waals surface area contributed by atoms with Gasteiger partial charge in [0.05, 0.1) is 11.6 Å². The highest BCUT2D eigenvalue weighted by Gasteiger charge is 2.27. The molecule has 0 aliphatic rings. The summed E-state index contributed by atoms with van der Waals surface area (Å²) in [5.74, 6) is -0.496. The van der Waals surface area contributed by atoms with Crippen molar-refractivity contribution < 1.29 is 9.59 Å². The number of anilines is 2. The number of amides is 3. The summed E-state index contributed by atoms with van der Waals surface area (Å²) in [4.78, 5) is 25.4. The van der Waals surface area contributed by atoms with E-state index in [9.17, 15) is 9.59 Å². The average Bonchev–Trinajstić information content (AvgIpc) is 3.25. The molecule has 3 amide bonds. The lowest BCUT2D eigenvalue weighted by Gasteiger charge is -2.23. The minimum absolute atomic E-state index is 0.120. The fourth-order valence-electron chi connectivity index (χ4n) is 2.84. The minimum atomic E-state index is -0.779. The van der Waals surface area contributed by atoms with Crippen molar-refractivity contribution in [3.05, 3.63) is 58.6 Å². The number of aromatic nitrogens is 2. The first-order valence-corrected chi connectivity index (χ1v) is 11.5. The molecule has 0 aliphatic heterocycles. The lowest BCUT2D eigenvalue weighted by Crippen LogP contribution is -2.49. The average molecular weight is 513 g/mol. The molecule has 0 fully saturated rings. The Bertz CT molecular complexity index is 1140. The zero-order chi connectivity index (χ0) is 23.1. The van der Waals surface area contributed by atoms with E-state index in [0.717, 1.165) is 10.0 Å². The topological polar surface area (TPSA) is 120 Å². The van der Waals surface area contributed by atoms with Gasteiger partial charge in [-0.2, -0.15) is 5.26 Å². The van der Waals surface area contributed by atoms with Crippen molar-refractivity contribution in [2.75, 3.05) is 10.6 Å². The first kappa shape index (κ1) is 23.4. The van der Waals surface area contributed by atoms with Crippen LogP contribution in [0.3, 0.4) is 0 Å². The van der Waals surface area contributed by atoms with E-state index in [0.29, 0.717) is 27.8 Å². The summed E-state index contributed by atoms with van der Waals surface area (Å²) >= 11 is 4.65. The number of benzene rings is 2.